The van der Waals surface area contributed by atoms with Gasteiger partial charge in [0.05, 0.1) is 23.9 Å². The molecule has 5 heteroatoms. The number of carbonyl (C=O) groups excluding carboxylic acids is 1. The summed E-state index contributed by atoms with van der Waals surface area (Å²) in [6, 6.07) is -0.211. The first-order chi connectivity index (χ1) is 8.73. The molecule has 2 N–H and O–H groups in total. The van der Waals surface area contributed by atoms with E-state index in [0.717, 1.165) is 11.4 Å². The Morgan fingerprint density at radius 2 is 2.11 bits per heavy atom. The first kappa shape index (κ1) is 16.1. The van der Waals surface area contributed by atoms with E-state index in [1.54, 1.807) is 6.20 Å². The summed E-state index contributed by atoms with van der Waals surface area (Å²) in [5.41, 5.74) is 0.0669. The summed E-state index contributed by atoms with van der Waals surface area (Å²) in [6.45, 7) is 10.3. The predicted molar refractivity (Wildman–Crippen MR) is 78.6 cm³/mol. The van der Waals surface area contributed by atoms with Gasteiger partial charge in [-0.25, -0.2) is 4.98 Å². The lowest BCUT2D eigenvalue weighted by Crippen LogP contribution is -2.39. The van der Waals surface area contributed by atoms with Crippen LogP contribution in [0.4, 0.5) is 0 Å². The molecule has 0 radical (unpaired) electrons. The van der Waals surface area contributed by atoms with Crippen LogP contribution < -0.4 is 5.32 Å². The maximum atomic E-state index is 12.1. The van der Waals surface area contributed by atoms with E-state index in [9.17, 15) is 9.90 Å². The zero-order valence-corrected chi connectivity index (χ0v) is 13.2. The van der Waals surface area contributed by atoms with E-state index >= 15 is 0 Å². The molecule has 0 spiro atoms. The maximum Gasteiger partial charge on any atom is 0.263 e. The Hall–Kier alpha value is -0.940. The number of hydrogen-bond donors (Lipinski definition) is 2. The number of thiazole rings is 1. The largest absolute Gasteiger partial charge is 0.394 e. The quantitative estimate of drug-likeness (QED) is 0.874. The molecule has 1 aromatic heterocycles. The van der Waals surface area contributed by atoms with Gasteiger partial charge in [-0.3, -0.25) is 4.79 Å². The molecule has 1 atom stereocenters. The van der Waals surface area contributed by atoms with Crippen molar-refractivity contribution in [3.63, 3.8) is 0 Å². The minimum atomic E-state index is -0.211. The summed E-state index contributed by atoms with van der Waals surface area (Å²) in [6.07, 6.45) is 2.35. The van der Waals surface area contributed by atoms with Gasteiger partial charge < -0.3 is 10.4 Å². The molecule has 0 fully saturated rings. The van der Waals surface area contributed by atoms with Crippen LogP contribution >= 0.6 is 11.3 Å². The maximum absolute atomic E-state index is 12.1. The average molecular weight is 284 g/mol. The summed E-state index contributed by atoms with van der Waals surface area (Å²) < 4.78 is 0. The number of aliphatic hydroxyl groups is 1. The van der Waals surface area contributed by atoms with Crippen LogP contribution in [0.25, 0.3) is 0 Å². The Balaban J connectivity index is 2.66. The Kier molecular flexibility index (Phi) is 5.50. The average Bonchev–Trinajstić information content (AvgIpc) is 2.75. The SMILES string of the molecule is CC(C)c1ncc(C(=O)NC(CO)CC(C)(C)C)s1. The van der Waals surface area contributed by atoms with Crippen molar-refractivity contribution >= 4 is 17.2 Å². The fourth-order valence-electron chi connectivity index (χ4n) is 1.82. The molecular formula is C14H24N2O2S. The van der Waals surface area contributed by atoms with Crippen molar-refractivity contribution < 1.29 is 9.90 Å². The standard InChI is InChI=1S/C14H24N2O2S/c1-9(2)13-15-7-11(19-13)12(18)16-10(8-17)6-14(3,4)5/h7,9-10,17H,6,8H2,1-5H3,(H,16,18). The van der Waals surface area contributed by atoms with E-state index in [0.29, 0.717) is 10.8 Å². The Morgan fingerprint density at radius 3 is 2.53 bits per heavy atom. The van der Waals surface area contributed by atoms with Gasteiger partial charge >= 0.3 is 0 Å². The van der Waals surface area contributed by atoms with Crippen LogP contribution in [0.3, 0.4) is 0 Å². The number of aliphatic hydroxyl groups excluding tert-OH is 1. The van der Waals surface area contributed by atoms with Crippen molar-refractivity contribution in [2.45, 2.75) is 53.0 Å². The highest BCUT2D eigenvalue weighted by Gasteiger charge is 2.21. The molecule has 0 aliphatic carbocycles. The molecule has 1 aromatic rings. The van der Waals surface area contributed by atoms with Crippen LogP contribution in [0.15, 0.2) is 6.20 Å². The van der Waals surface area contributed by atoms with Gasteiger partial charge in [-0.15, -0.1) is 11.3 Å². The summed E-state index contributed by atoms with van der Waals surface area (Å²) in [5, 5.41) is 13.2. The number of amides is 1. The highest BCUT2D eigenvalue weighted by atomic mass is 32.1. The van der Waals surface area contributed by atoms with Gasteiger partial charge in [0, 0.05) is 5.92 Å². The third-order valence-corrected chi connectivity index (χ3v) is 3.95. The van der Waals surface area contributed by atoms with Gasteiger partial charge in [0.25, 0.3) is 5.91 Å². The van der Waals surface area contributed by atoms with E-state index in [1.165, 1.54) is 11.3 Å². The molecule has 1 unspecified atom stereocenters. The van der Waals surface area contributed by atoms with Gasteiger partial charge in [0.15, 0.2) is 0 Å². The fraction of sp³-hybridized carbons (Fsp3) is 0.714. The summed E-state index contributed by atoms with van der Waals surface area (Å²) in [4.78, 5) is 16.9. The smallest absolute Gasteiger partial charge is 0.263 e. The highest BCUT2D eigenvalue weighted by Crippen LogP contribution is 2.23. The second kappa shape index (κ2) is 6.48. The number of hydrogen-bond acceptors (Lipinski definition) is 4. The topological polar surface area (TPSA) is 62.2 Å². The molecule has 1 rings (SSSR count). The molecular weight excluding hydrogens is 260 g/mol. The van der Waals surface area contributed by atoms with Crippen molar-refractivity contribution in [1.82, 2.24) is 10.3 Å². The molecule has 0 aromatic carbocycles. The molecule has 0 saturated heterocycles. The van der Waals surface area contributed by atoms with Crippen molar-refractivity contribution in [1.29, 1.82) is 0 Å². The van der Waals surface area contributed by atoms with Gasteiger partial charge in [0.1, 0.15) is 4.88 Å². The summed E-state index contributed by atoms with van der Waals surface area (Å²) in [7, 11) is 0. The van der Waals surface area contributed by atoms with Crippen LogP contribution in [0.5, 0.6) is 0 Å². The molecule has 19 heavy (non-hydrogen) atoms. The molecule has 0 saturated carbocycles. The van der Waals surface area contributed by atoms with E-state index in [1.807, 2.05) is 0 Å². The molecule has 1 heterocycles. The highest BCUT2D eigenvalue weighted by molar-refractivity contribution is 7.13. The Labute approximate surface area is 119 Å². The van der Waals surface area contributed by atoms with Crippen molar-refractivity contribution in [3.8, 4) is 0 Å². The molecule has 4 nitrogen and oxygen atoms in total. The molecule has 0 bridgehead atoms. The van der Waals surface area contributed by atoms with Crippen LogP contribution in [0.2, 0.25) is 0 Å². The second-order valence-electron chi connectivity index (χ2n) is 6.34. The van der Waals surface area contributed by atoms with Gasteiger partial charge in [-0.05, 0) is 11.8 Å². The molecule has 0 aliphatic heterocycles. The summed E-state index contributed by atoms with van der Waals surface area (Å²) >= 11 is 1.41. The normalized spacial score (nSPS) is 13.6. The lowest BCUT2D eigenvalue weighted by atomic mass is 9.88. The molecule has 1 amide bonds. The number of nitrogens with zero attached hydrogens (tertiary/aromatic N) is 1. The van der Waals surface area contributed by atoms with Gasteiger partial charge in [-0.1, -0.05) is 34.6 Å². The number of aromatic nitrogens is 1. The molecule has 108 valence electrons. The third kappa shape index (κ3) is 5.28. The second-order valence-corrected chi connectivity index (χ2v) is 7.40. The van der Waals surface area contributed by atoms with Crippen molar-refractivity contribution in [2.24, 2.45) is 5.41 Å². The van der Waals surface area contributed by atoms with Crippen molar-refractivity contribution in [3.05, 3.63) is 16.1 Å². The fourth-order valence-corrected chi connectivity index (χ4v) is 2.64. The Bertz CT molecular complexity index is 421. The minimum absolute atomic E-state index is 0.0428. The zero-order chi connectivity index (χ0) is 14.6. The van der Waals surface area contributed by atoms with E-state index in [-0.39, 0.29) is 24.0 Å². The van der Waals surface area contributed by atoms with E-state index < -0.39 is 0 Å². The Morgan fingerprint density at radius 1 is 1.47 bits per heavy atom. The van der Waals surface area contributed by atoms with Crippen LogP contribution in [0.1, 0.15) is 61.6 Å². The monoisotopic (exact) mass is 284 g/mol. The van der Waals surface area contributed by atoms with Gasteiger partial charge in [0.2, 0.25) is 0 Å². The number of rotatable bonds is 5. The predicted octanol–water partition coefficient (Wildman–Crippen LogP) is 2.79. The number of carbonyl (C=O) groups is 1. The van der Waals surface area contributed by atoms with Gasteiger partial charge in [-0.2, -0.15) is 0 Å². The van der Waals surface area contributed by atoms with Crippen molar-refractivity contribution in [2.75, 3.05) is 6.61 Å². The van der Waals surface area contributed by atoms with E-state index in [2.05, 4.69) is 44.9 Å². The zero-order valence-electron chi connectivity index (χ0n) is 12.4. The van der Waals surface area contributed by atoms with Crippen LogP contribution in [0, 0.1) is 5.41 Å². The van der Waals surface area contributed by atoms with Crippen LogP contribution in [-0.2, 0) is 0 Å². The van der Waals surface area contributed by atoms with E-state index in [4.69, 9.17) is 0 Å². The summed E-state index contributed by atoms with van der Waals surface area (Å²) in [5.74, 6) is 0.183. The lowest BCUT2D eigenvalue weighted by Gasteiger charge is -2.25. The minimum Gasteiger partial charge on any atom is -0.394 e. The lowest BCUT2D eigenvalue weighted by molar-refractivity contribution is 0.0901. The first-order valence-electron chi connectivity index (χ1n) is 6.60. The number of nitrogens with one attached hydrogen (secondary N) is 1. The van der Waals surface area contributed by atoms with Crippen LogP contribution in [-0.4, -0.2) is 28.6 Å². The first-order valence-corrected chi connectivity index (χ1v) is 7.42. The molecule has 0 aliphatic rings. The third-order valence-electron chi connectivity index (χ3n) is 2.66.